The van der Waals surface area contributed by atoms with Crippen LogP contribution in [0.15, 0.2) is 66.7 Å². The van der Waals surface area contributed by atoms with Crippen molar-refractivity contribution in [3.05, 3.63) is 77.9 Å². The normalized spacial score (nSPS) is 11.6. The van der Waals surface area contributed by atoms with Gasteiger partial charge in [-0.05, 0) is 43.4 Å². The molecule has 0 bridgehead atoms. The number of hydrogen-bond donors (Lipinski definition) is 3. The number of carboxylic acids is 2. The van der Waals surface area contributed by atoms with Crippen molar-refractivity contribution in [2.45, 2.75) is 18.7 Å². The molecule has 0 spiro atoms. The Morgan fingerprint density at radius 3 is 1.94 bits per heavy atom. The van der Waals surface area contributed by atoms with Gasteiger partial charge in [0.2, 0.25) is 0 Å². The van der Waals surface area contributed by atoms with Crippen LogP contribution in [0.1, 0.15) is 23.7 Å². The molecule has 1 atom stereocenters. The van der Waals surface area contributed by atoms with Crippen LogP contribution in [0.3, 0.4) is 0 Å². The lowest BCUT2D eigenvalue weighted by molar-refractivity contribution is -0.137. The summed E-state index contributed by atoms with van der Waals surface area (Å²) >= 11 is 0. The van der Waals surface area contributed by atoms with Crippen molar-refractivity contribution >= 4 is 11.9 Å². The Bertz CT molecular complexity index is 807. The van der Waals surface area contributed by atoms with Crippen LogP contribution in [-0.2, 0) is 15.8 Å². The Balaban J connectivity index is 0.000000858. The number of benzene rings is 2. The molecule has 0 aliphatic heterocycles. The maximum atomic E-state index is 12.6. The van der Waals surface area contributed by atoms with E-state index >= 15 is 0 Å². The molecular weight excluding hydrogens is 419 g/mol. The van der Waals surface area contributed by atoms with Gasteiger partial charge in [0.05, 0.1) is 5.56 Å². The third-order valence-corrected chi connectivity index (χ3v) is 3.66. The van der Waals surface area contributed by atoms with Gasteiger partial charge in [-0.15, -0.1) is 0 Å². The van der Waals surface area contributed by atoms with Gasteiger partial charge in [0.25, 0.3) is 0 Å². The number of carbonyl (C=O) groups is 2. The topological polar surface area (TPSA) is 127 Å². The van der Waals surface area contributed by atoms with Gasteiger partial charge in [-0.25, -0.2) is 9.59 Å². The largest absolute Gasteiger partial charge is 0.486 e. The molecule has 10 heteroatoms. The molecule has 0 heterocycles. The highest BCUT2D eigenvalue weighted by atomic mass is 19.4. The summed E-state index contributed by atoms with van der Waals surface area (Å²) < 4.78 is 43.6. The van der Waals surface area contributed by atoms with Crippen LogP contribution in [-0.4, -0.2) is 41.2 Å². The summed E-state index contributed by atoms with van der Waals surface area (Å²) in [6.45, 7) is 0.750. The molecule has 1 unspecified atom stereocenters. The third-order valence-electron chi connectivity index (χ3n) is 3.66. The first-order valence-electron chi connectivity index (χ1n) is 8.81. The predicted octanol–water partition coefficient (Wildman–Crippen LogP) is 3.32. The third kappa shape index (κ3) is 11.4. The van der Waals surface area contributed by atoms with E-state index in [1.807, 2.05) is 37.4 Å². The zero-order valence-electron chi connectivity index (χ0n) is 16.6. The molecule has 170 valence electrons. The molecule has 5 N–H and O–H groups in total. The fourth-order valence-corrected chi connectivity index (χ4v) is 2.27. The van der Waals surface area contributed by atoms with Gasteiger partial charge in [-0.2, -0.15) is 13.2 Å². The zero-order valence-corrected chi connectivity index (χ0v) is 16.6. The lowest BCUT2D eigenvalue weighted by Gasteiger charge is -2.20. The second-order valence-electron chi connectivity index (χ2n) is 5.94. The van der Waals surface area contributed by atoms with Crippen molar-refractivity contribution in [2.24, 2.45) is 0 Å². The van der Waals surface area contributed by atoms with Crippen LogP contribution in [0.2, 0.25) is 0 Å². The summed E-state index contributed by atoms with van der Waals surface area (Å²) in [7, 11) is 1.85. The zero-order chi connectivity index (χ0) is 22.6. The van der Waals surface area contributed by atoms with E-state index in [1.165, 1.54) is 12.1 Å². The Morgan fingerprint density at radius 1 is 1.00 bits per heavy atom. The molecule has 2 rings (SSSR count). The second-order valence-corrected chi connectivity index (χ2v) is 5.94. The fourth-order valence-electron chi connectivity index (χ4n) is 2.27. The molecule has 0 saturated carbocycles. The van der Waals surface area contributed by atoms with E-state index in [0.717, 1.165) is 30.7 Å². The number of nitrogens with one attached hydrogen (secondary N) is 1. The summed E-state index contributed by atoms with van der Waals surface area (Å²) in [5, 5.41) is 18.7. The van der Waals surface area contributed by atoms with Crippen LogP contribution < -0.4 is 10.1 Å². The maximum Gasteiger partial charge on any atom is 0.416 e. The first-order valence-corrected chi connectivity index (χ1v) is 8.81. The second kappa shape index (κ2) is 13.8. The molecule has 7 nitrogen and oxygen atoms in total. The molecule has 2 aromatic rings. The van der Waals surface area contributed by atoms with Crippen LogP contribution >= 0.6 is 0 Å². The molecule has 0 aromatic heterocycles. The number of rotatable bonds is 8. The summed E-state index contributed by atoms with van der Waals surface area (Å²) in [5.41, 5.74) is 0.323. The maximum absolute atomic E-state index is 12.6. The SMILES string of the molecule is CNCCC(Oc1ccc(C(F)(F)F)cc1)c1ccccc1.O.O=C(O)/C=C\C(=O)O. The molecule has 0 fully saturated rings. The minimum absolute atomic E-state index is 0. The van der Waals surface area contributed by atoms with E-state index < -0.39 is 23.7 Å². The van der Waals surface area contributed by atoms with Gasteiger partial charge in [-0.1, -0.05) is 30.3 Å². The molecule has 0 aliphatic rings. The van der Waals surface area contributed by atoms with Crippen LogP contribution in [0.5, 0.6) is 5.75 Å². The van der Waals surface area contributed by atoms with E-state index in [2.05, 4.69) is 5.32 Å². The molecule has 2 aromatic carbocycles. The molecule has 0 saturated heterocycles. The summed E-state index contributed by atoms with van der Waals surface area (Å²) in [6.07, 6.45) is -2.69. The average molecular weight is 443 g/mol. The monoisotopic (exact) mass is 443 g/mol. The van der Waals surface area contributed by atoms with Gasteiger partial charge < -0.3 is 25.7 Å². The predicted molar refractivity (Wildman–Crippen MR) is 108 cm³/mol. The number of halogens is 3. The smallest absolute Gasteiger partial charge is 0.416 e. The highest BCUT2D eigenvalue weighted by Crippen LogP contribution is 2.31. The van der Waals surface area contributed by atoms with E-state index in [4.69, 9.17) is 14.9 Å². The molecule has 0 aliphatic carbocycles. The van der Waals surface area contributed by atoms with Crippen molar-refractivity contribution in [1.82, 2.24) is 5.32 Å². The van der Waals surface area contributed by atoms with Gasteiger partial charge in [0, 0.05) is 18.6 Å². The fraction of sp³-hybridized carbons (Fsp3) is 0.238. The highest BCUT2D eigenvalue weighted by Gasteiger charge is 2.30. The average Bonchev–Trinajstić information content (AvgIpc) is 2.70. The van der Waals surface area contributed by atoms with E-state index in [0.29, 0.717) is 17.9 Å². The Hall–Kier alpha value is -3.37. The minimum atomic E-state index is -4.33. The van der Waals surface area contributed by atoms with Crippen LogP contribution in [0, 0.1) is 0 Å². The van der Waals surface area contributed by atoms with Crippen LogP contribution in [0.25, 0.3) is 0 Å². The van der Waals surface area contributed by atoms with E-state index in [1.54, 1.807) is 0 Å². The van der Waals surface area contributed by atoms with Crippen LogP contribution in [0.4, 0.5) is 13.2 Å². The molecule has 0 amide bonds. The van der Waals surface area contributed by atoms with E-state index in [9.17, 15) is 22.8 Å². The van der Waals surface area contributed by atoms with Gasteiger partial charge in [0.1, 0.15) is 11.9 Å². The highest BCUT2D eigenvalue weighted by molar-refractivity contribution is 5.89. The van der Waals surface area contributed by atoms with E-state index in [-0.39, 0.29) is 11.6 Å². The molecule has 31 heavy (non-hydrogen) atoms. The standard InChI is InChI=1S/C17H18F3NO.C4H4O4.H2O/c1-21-12-11-16(13-5-3-2-4-6-13)22-15-9-7-14(8-10-15)17(18,19)20;5-3(6)1-2-4(7)8;/h2-10,16,21H,11-12H2,1H3;1-2H,(H,5,6)(H,7,8);1H2/b;2-1-;. The Kier molecular flexibility index (Phi) is 12.3. The lowest BCUT2D eigenvalue weighted by atomic mass is 10.1. The summed E-state index contributed by atoms with van der Waals surface area (Å²) in [6, 6.07) is 14.4. The molecular formula is C21H24F3NO6. The number of hydrogen-bond acceptors (Lipinski definition) is 4. The summed E-state index contributed by atoms with van der Waals surface area (Å²) in [4.78, 5) is 19.1. The minimum Gasteiger partial charge on any atom is -0.486 e. The summed E-state index contributed by atoms with van der Waals surface area (Å²) in [5.74, 6) is -2.09. The first kappa shape index (κ1) is 27.6. The number of aliphatic carboxylic acids is 2. The van der Waals surface area contributed by atoms with Crippen molar-refractivity contribution in [3.8, 4) is 5.75 Å². The van der Waals surface area contributed by atoms with Gasteiger partial charge in [0.15, 0.2) is 0 Å². The number of ether oxygens (including phenoxy) is 1. The number of carboxylic acid groups (broad SMARTS) is 2. The first-order chi connectivity index (χ1) is 14.1. The quantitative estimate of drug-likeness (QED) is 0.537. The van der Waals surface area contributed by atoms with Crippen molar-refractivity contribution < 1.29 is 43.2 Å². The Labute approximate surface area is 177 Å². The van der Waals surface area contributed by atoms with Gasteiger partial charge >= 0.3 is 18.1 Å². The van der Waals surface area contributed by atoms with Crippen molar-refractivity contribution in [1.29, 1.82) is 0 Å². The van der Waals surface area contributed by atoms with Gasteiger partial charge in [-0.3, -0.25) is 0 Å². The Morgan fingerprint density at radius 2 is 1.52 bits per heavy atom. The van der Waals surface area contributed by atoms with Crippen molar-refractivity contribution in [3.63, 3.8) is 0 Å². The lowest BCUT2D eigenvalue weighted by Crippen LogP contribution is -2.16. The van der Waals surface area contributed by atoms with Crippen molar-refractivity contribution in [2.75, 3.05) is 13.6 Å². The molecule has 0 radical (unpaired) electrons. The number of alkyl halides is 3.